The molecule has 6 aliphatic rings. The maximum absolute atomic E-state index is 14.1. The van der Waals surface area contributed by atoms with Crippen LogP contribution >= 0.6 is 0 Å². The average Bonchev–Trinajstić information content (AvgIpc) is 3.33. The molecule has 6 rings (SSSR count). The SMILES string of the molecule is CC(C)C1=C2[C@H]3CC[C@@H]4[C@@]5(C)CC[C@H](OC(=O)CC(C)(C)C(=O)O)C(C)(C)[C@@H]5CC[C@@]4(C)[C@]3(C)CC[C@@]2(NC2CCN(C(=O)OC(C)(C)C)CC2)CC1=O. The summed E-state index contributed by atoms with van der Waals surface area (Å²) in [6.45, 7) is 26.9. The van der Waals surface area contributed by atoms with Crippen LogP contribution in [0.5, 0.6) is 0 Å². The third-order valence-electron chi connectivity index (χ3n) is 16.4. The number of nitrogens with zero attached hydrogens (tertiary/aromatic N) is 1. The number of allylic oxidation sites excluding steroid dienone is 1. The minimum Gasteiger partial charge on any atom is -0.481 e. The molecule has 9 nitrogen and oxygen atoms in total. The van der Waals surface area contributed by atoms with Crippen LogP contribution < -0.4 is 5.32 Å². The maximum Gasteiger partial charge on any atom is 0.410 e. The number of carboxylic acids is 1. The first-order valence-corrected chi connectivity index (χ1v) is 21.3. The standard InChI is InChI=1S/C45H72N2O7/c1-27(2)35-30(48)25-45(46-28-17-23-47(24-18-28)38(52)54-39(3,4)5)22-21-43(11)29(36(35)45)13-14-32-42(10)19-16-33(53-34(49)26-40(6,7)37(50)51)41(8,9)31(42)15-20-44(32,43)12/h27-29,31-33,46H,13-26H2,1-12H3,(H,50,51)/t29-,31+,32-,33+,42+,43-,44-,45-/m1/s1. The molecule has 0 aromatic rings. The Kier molecular flexibility index (Phi) is 10.4. The summed E-state index contributed by atoms with van der Waals surface area (Å²) in [4.78, 5) is 53.7. The average molecular weight is 753 g/mol. The number of carboxylic acid groups (broad SMARTS) is 1. The molecule has 1 saturated heterocycles. The van der Waals surface area contributed by atoms with E-state index in [1.54, 1.807) is 13.8 Å². The molecule has 2 N–H and O–H groups in total. The third-order valence-corrected chi connectivity index (χ3v) is 16.4. The molecule has 8 atom stereocenters. The number of ketones is 1. The van der Waals surface area contributed by atoms with Gasteiger partial charge in [0.25, 0.3) is 0 Å². The van der Waals surface area contributed by atoms with Crippen molar-refractivity contribution in [3.05, 3.63) is 11.1 Å². The summed E-state index contributed by atoms with van der Waals surface area (Å²) in [5.74, 6) is 0.347. The van der Waals surface area contributed by atoms with E-state index in [1.807, 2.05) is 25.7 Å². The van der Waals surface area contributed by atoms with Gasteiger partial charge in [0.15, 0.2) is 5.78 Å². The molecule has 9 heteroatoms. The quantitative estimate of drug-likeness (QED) is 0.247. The highest BCUT2D eigenvalue weighted by Gasteiger charge is 2.70. The van der Waals surface area contributed by atoms with Crippen molar-refractivity contribution in [2.45, 2.75) is 183 Å². The zero-order valence-electron chi connectivity index (χ0n) is 35.7. The Bertz CT molecular complexity index is 1560. The second-order valence-electron chi connectivity index (χ2n) is 21.9. The van der Waals surface area contributed by atoms with Crippen LogP contribution in [0.2, 0.25) is 0 Å². The van der Waals surface area contributed by atoms with Crippen LogP contribution in [0, 0.1) is 50.7 Å². The molecule has 5 aliphatic carbocycles. The van der Waals surface area contributed by atoms with E-state index in [1.165, 1.54) is 5.57 Å². The predicted molar refractivity (Wildman–Crippen MR) is 210 cm³/mol. The lowest BCUT2D eigenvalue weighted by Crippen LogP contribution is -2.67. The van der Waals surface area contributed by atoms with Crippen LogP contribution in [0.3, 0.4) is 0 Å². The molecular weight excluding hydrogens is 681 g/mol. The van der Waals surface area contributed by atoms with Gasteiger partial charge in [-0.1, -0.05) is 48.5 Å². The number of carbonyl (C=O) groups is 4. The topological polar surface area (TPSA) is 122 Å². The number of amides is 1. The second-order valence-corrected chi connectivity index (χ2v) is 21.9. The van der Waals surface area contributed by atoms with Crippen molar-refractivity contribution in [3.8, 4) is 0 Å². The molecule has 54 heavy (non-hydrogen) atoms. The van der Waals surface area contributed by atoms with Gasteiger partial charge in [-0.3, -0.25) is 14.4 Å². The van der Waals surface area contributed by atoms with Crippen molar-refractivity contribution in [1.82, 2.24) is 10.2 Å². The lowest BCUT2D eigenvalue weighted by molar-refractivity contribution is -0.232. The number of fused-ring (bicyclic) bond motifs is 7. The summed E-state index contributed by atoms with van der Waals surface area (Å²) in [7, 11) is 0. The fraction of sp³-hybridized carbons (Fsp3) is 0.867. The van der Waals surface area contributed by atoms with E-state index in [-0.39, 0.29) is 57.8 Å². The third kappa shape index (κ3) is 6.66. The molecule has 304 valence electrons. The number of Topliss-reactive ketones (excluding diaryl/α,β-unsaturated/α-hetero) is 1. The molecule has 0 unspecified atom stereocenters. The molecule has 0 radical (unpaired) electrons. The van der Waals surface area contributed by atoms with E-state index in [4.69, 9.17) is 9.47 Å². The highest BCUT2D eigenvalue weighted by Crippen LogP contribution is 2.76. The van der Waals surface area contributed by atoms with Gasteiger partial charge < -0.3 is 24.8 Å². The highest BCUT2D eigenvalue weighted by atomic mass is 16.6. The van der Waals surface area contributed by atoms with Crippen LogP contribution in [0.4, 0.5) is 4.79 Å². The molecule has 0 spiro atoms. The first-order chi connectivity index (χ1) is 24.8. The number of aliphatic carboxylic acids is 1. The lowest BCUT2D eigenvalue weighted by Gasteiger charge is -2.72. The summed E-state index contributed by atoms with van der Waals surface area (Å²) < 4.78 is 11.9. The second kappa shape index (κ2) is 13.6. The monoisotopic (exact) mass is 753 g/mol. The normalized spacial score (nSPS) is 38.3. The van der Waals surface area contributed by atoms with Gasteiger partial charge in [-0.15, -0.1) is 0 Å². The number of piperidine rings is 1. The Morgan fingerprint density at radius 3 is 2.09 bits per heavy atom. The largest absolute Gasteiger partial charge is 0.481 e. The molecular formula is C45H72N2O7. The van der Waals surface area contributed by atoms with Crippen LogP contribution in [0.15, 0.2) is 11.1 Å². The van der Waals surface area contributed by atoms with E-state index in [0.717, 1.165) is 69.8 Å². The van der Waals surface area contributed by atoms with Crippen molar-refractivity contribution in [2.24, 2.45) is 50.7 Å². The number of rotatable bonds is 7. The van der Waals surface area contributed by atoms with Gasteiger partial charge in [0.1, 0.15) is 11.7 Å². The number of nitrogens with one attached hydrogen (secondary N) is 1. The Labute approximate surface area is 325 Å². The minimum absolute atomic E-state index is 0.0467. The lowest BCUT2D eigenvalue weighted by atomic mass is 9.33. The summed E-state index contributed by atoms with van der Waals surface area (Å²) in [5, 5.41) is 13.8. The van der Waals surface area contributed by atoms with E-state index in [0.29, 0.717) is 43.0 Å². The summed E-state index contributed by atoms with van der Waals surface area (Å²) >= 11 is 0. The van der Waals surface area contributed by atoms with Gasteiger partial charge >= 0.3 is 18.0 Å². The Hall–Kier alpha value is -2.42. The van der Waals surface area contributed by atoms with Gasteiger partial charge in [-0.05, 0) is 150 Å². The fourth-order valence-corrected chi connectivity index (χ4v) is 13.5. The molecule has 0 aromatic carbocycles. The maximum atomic E-state index is 14.1. The fourth-order valence-electron chi connectivity index (χ4n) is 13.5. The van der Waals surface area contributed by atoms with Gasteiger partial charge in [-0.25, -0.2) is 4.79 Å². The molecule has 0 bridgehead atoms. The molecule has 5 fully saturated rings. The zero-order valence-corrected chi connectivity index (χ0v) is 35.7. The number of hydrogen-bond donors (Lipinski definition) is 2. The zero-order chi connectivity index (χ0) is 40.0. The minimum atomic E-state index is -1.16. The van der Waals surface area contributed by atoms with E-state index in [9.17, 15) is 24.3 Å². The van der Waals surface area contributed by atoms with E-state index >= 15 is 0 Å². The number of likely N-dealkylation sites (tertiary alicyclic amines) is 1. The Morgan fingerprint density at radius 2 is 1.50 bits per heavy atom. The van der Waals surface area contributed by atoms with Gasteiger partial charge in [-0.2, -0.15) is 0 Å². The summed E-state index contributed by atoms with van der Waals surface area (Å²) in [6, 6.07) is 0.241. The van der Waals surface area contributed by atoms with Crippen LogP contribution in [-0.4, -0.2) is 70.2 Å². The summed E-state index contributed by atoms with van der Waals surface area (Å²) in [5.41, 5.74) is 0.516. The van der Waals surface area contributed by atoms with Crippen molar-refractivity contribution >= 4 is 23.8 Å². The van der Waals surface area contributed by atoms with Gasteiger partial charge in [0.2, 0.25) is 0 Å². The van der Waals surface area contributed by atoms with Crippen molar-refractivity contribution < 1.29 is 33.8 Å². The number of esters is 1. The highest BCUT2D eigenvalue weighted by molar-refractivity contribution is 6.01. The molecule has 0 aromatic heterocycles. The predicted octanol–water partition coefficient (Wildman–Crippen LogP) is 9.12. The first-order valence-electron chi connectivity index (χ1n) is 21.3. The number of ether oxygens (including phenoxy) is 2. The van der Waals surface area contributed by atoms with Crippen LogP contribution in [0.1, 0.15) is 160 Å². The summed E-state index contributed by atoms with van der Waals surface area (Å²) in [6.07, 6.45) is 9.88. The molecule has 1 aliphatic heterocycles. The van der Waals surface area contributed by atoms with Crippen molar-refractivity contribution in [3.63, 3.8) is 0 Å². The van der Waals surface area contributed by atoms with Crippen LogP contribution in [-0.2, 0) is 23.9 Å². The smallest absolute Gasteiger partial charge is 0.410 e. The van der Waals surface area contributed by atoms with Crippen molar-refractivity contribution in [2.75, 3.05) is 13.1 Å². The molecule has 4 saturated carbocycles. The Morgan fingerprint density at radius 1 is 0.852 bits per heavy atom. The van der Waals surface area contributed by atoms with E-state index < -0.39 is 23.0 Å². The van der Waals surface area contributed by atoms with Crippen molar-refractivity contribution in [1.29, 1.82) is 0 Å². The number of carbonyl (C=O) groups excluding carboxylic acids is 3. The van der Waals surface area contributed by atoms with Gasteiger partial charge in [0, 0.05) is 36.5 Å². The van der Waals surface area contributed by atoms with Crippen LogP contribution in [0.25, 0.3) is 0 Å². The van der Waals surface area contributed by atoms with E-state index in [2.05, 4.69) is 53.8 Å². The Balaban J connectivity index is 1.23. The molecule has 1 heterocycles. The first kappa shape index (κ1) is 41.2. The number of hydrogen-bond acceptors (Lipinski definition) is 7. The van der Waals surface area contributed by atoms with Gasteiger partial charge in [0.05, 0.1) is 11.8 Å². The molecule has 1 amide bonds.